The second kappa shape index (κ2) is 12.5. The number of likely N-dealkylation sites (tertiary alicyclic amines) is 1. The third kappa shape index (κ3) is 7.19. The molecule has 1 aliphatic rings. The van der Waals surface area contributed by atoms with Gasteiger partial charge in [-0.2, -0.15) is 0 Å². The van der Waals surface area contributed by atoms with Crippen LogP contribution in [-0.4, -0.2) is 62.2 Å². The van der Waals surface area contributed by atoms with Crippen molar-refractivity contribution in [1.82, 2.24) is 4.90 Å². The number of carbonyl (C=O) groups is 2. The van der Waals surface area contributed by atoms with Gasteiger partial charge in [0.15, 0.2) is 5.75 Å². The van der Waals surface area contributed by atoms with Crippen LogP contribution >= 0.6 is 0 Å². The number of aliphatic hydroxyl groups excluding tert-OH is 1. The lowest BCUT2D eigenvalue weighted by molar-refractivity contribution is 0.0503. The first-order chi connectivity index (χ1) is 17.2. The predicted octanol–water partition coefficient (Wildman–Crippen LogP) is 6.58. The van der Waals surface area contributed by atoms with Crippen LogP contribution in [0.3, 0.4) is 0 Å². The minimum atomic E-state index is -2.36. The van der Waals surface area contributed by atoms with Crippen molar-refractivity contribution in [2.75, 3.05) is 25.6 Å². The van der Waals surface area contributed by atoms with E-state index in [4.69, 9.17) is 13.9 Å². The van der Waals surface area contributed by atoms with Gasteiger partial charge in [0.05, 0.1) is 31.0 Å². The van der Waals surface area contributed by atoms with Gasteiger partial charge in [-0.25, -0.2) is 4.79 Å². The highest BCUT2D eigenvalue weighted by Crippen LogP contribution is 2.46. The van der Waals surface area contributed by atoms with Crippen LogP contribution in [0, 0.1) is 0 Å². The van der Waals surface area contributed by atoms with Crippen molar-refractivity contribution in [3.8, 4) is 11.5 Å². The molecule has 9 heteroatoms. The summed E-state index contributed by atoms with van der Waals surface area (Å²) in [6, 6.07) is 3.08. The molecule has 2 rings (SSSR count). The molecule has 8 nitrogen and oxygen atoms in total. The Kier molecular flexibility index (Phi) is 10.5. The monoisotopic (exact) mass is 536 g/mol. The minimum Gasteiger partial charge on any atom is -0.540 e. The number of nitrogens with zero attached hydrogens (tertiary/aromatic N) is 1. The number of hydrogen-bond donors (Lipinski definition) is 2. The summed E-state index contributed by atoms with van der Waals surface area (Å²) in [6.45, 7) is 19.0. The smallest absolute Gasteiger partial charge is 0.412 e. The molecule has 1 fully saturated rings. The average Bonchev–Trinajstić information content (AvgIpc) is 2.80. The molecule has 0 radical (unpaired) electrons. The highest BCUT2D eigenvalue weighted by Gasteiger charge is 2.47. The van der Waals surface area contributed by atoms with Crippen molar-refractivity contribution in [3.05, 3.63) is 17.7 Å². The van der Waals surface area contributed by atoms with Gasteiger partial charge in [0, 0.05) is 12.6 Å². The normalized spacial score (nSPS) is 16.8. The molecule has 0 saturated carbocycles. The van der Waals surface area contributed by atoms with Crippen molar-refractivity contribution in [1.29, 1.82) is 0 Å². The van der Waals surface area contributed by atoms with Crippen LogP contribution in [0.4, 0.5) is 10.5 Å². The maximum absolute atomic E-state index is 13.8. The van der Waals surface area contributed by atoms with E-state index in [0.717, 1.165) is 19.3 Å². The van der Waals surface area contributed by atoms with E-state index in [1.54, 1.807) is 44.9 Å². The molecule has 1 atom stereocenters. The van der Waals surface area contributed by atoms with Crippen molar-refractivity contribution in [3.63, 3.8) is 0 Å². The zero-order valence-electron chi connectivity index (χ0n) is 24.4. The number of hydrogen-bond acceptors (Lipinski definition) is 6. The van der Waals surface area contributed by atoms with E-state index in [1.165, 1.54) is 0 Å². The standard InChI is InChI=1S/C28H48N2O6Si/c1-18(2)37(19(3)4,20(5)6)36-25-16-23(29-27(33)35-28(7,8)9)22(15-24(25)34-10)26(32)30-14-12-11-13-21(30)17-31/h15-16,18-21,31H,11-14,17H2,1-10H3,(H,29,33)/t21-/m0/s1. The van der Waals surface area contributed by atoms with Crippen molar-refractivity contribution in [2.24, 2.45) is 0 Å². The fraction of sp³-hybridized carbons (Fsp3) is 0.714. The van der Waals surface area contributed by atoms with Crippen molar-refractivity contribution in [2.45, 2.75) is 110 Å². The number of aliphatic hydroxyl groups is 1. The quantitative estimate of drug-likeness (QED) is 0.346. The summed E-state index contributed by atoms with van der Waals surface area (Å²) in [7, 11) is -0.809. The zero-order chi connectivity index (χ0) is 28.1. The van der Waals surface area contributed by atoms with Gasteiger partial charge in [0.1, 0.15) is 11.4 Å². The van der Waals surface area contributed by atoms with Crippen LogP contribution in [-0.2, 0) is 4.74 Å². The Labute approximate surface area is 224 Å². The molecule has 1 saturated heterocycles. The van der Waals surface area contributed by atoms with E-state index < -0.39 is 20.0 Å². The predicted molar refractivity (Wildman–Crippen MR) is 150 cm³/mol. The van der Waals surface area contributed by atoms with E-state index in [2.05, 4.69) is 46.9 Å². The van der Waals surface area contributed by atoms with Gasteiger partial charge in [-0.05, 0) is 62.7 Å². The summed E-state index contributed by atoms with van der Waals surface area (Å²) in [5.41, 5.74) is 0.834. The molecule has 1 aliphatic heterocycles. The van der Waals surface area contributed by atoms with Gasteiger partial charge in [-0.15, -0.1) is 0 Å². The molecule has 2 amide bonds. The zero-order valence-corrected chi connectivity index (χ0v) is 25.4. The Bertz CT molecular complexity index is 920. The maximum Gasteiger partial charge on any atom is 0.412 e. The number of piperidine rings is 1. The summed E-state index contributed by atoms with van der Waals surface area (Å²) < 4.78 is 18.1. The Morgan fingerprint density at radius 3 is 2.14 bits per heavy atom. The van der Waals surface area contributed by atoms with Gasteiger partial charge < -0.3 is 23.9 Å². The van der Waals surface area contributed by atoms with Crippen LogP contribution in [0.25, 0.3) is 0 Å². The van der Waals surface area contributed by atoms with E-state index in [1.807, 2.05) is 0 Å². The molecule has 0 aliphatic carbocycles. The first kappa shape index (κ1) is 31.0. The van der Waals surface area contributed by atoms with E-state index in [9.17, 15) is 14.7 Å². The largest absolute Gasteiger partial charge is 0.540 e. The van der Waals surface area contributed by atoms with E-state index in [-0.39, 0.29) is 24.1 Å². The molecule has 0 unspecified atom stereocenters. The van der Waals surface area contributed by atoms with Crippen molar-refractivity contribution >= 4 is 26.0 Å². The molecular weight excluding hydrogens is 488 g/mol. The second-order valence-corrected chi connectivity index (χ2v) is 17.3. The molecule has 210 valence electrons. The lowest BCUT2D eigenvalue weighted by Gasteiger charge is -2.42. The van der Waals surface area contributed by atoms with Crippen LogP contribution in [0.1, 0.15) is 91.9 Å². The lowest BCUT2D eigenvalue weighted by Crippen LogP contribution is -2.50. The Morgan fingerprint density at radius 1 is 1.05 bits per heavy atom. The van der Waals surface area contributed by atoms with Gasteiger partial charge in [0.25, 0.3) is 14.2 Å². The number of carbonyl (C=O) groups excluding carboxylic acids is 2. The minimum absolute atomic E-state index is 0.107. The van der Waals surface area contributed by atoms with Crippen LogP contribution in [0.2, 0.25) is 16.6 Å². The van der Waals surface area contributed by atoms with E-state index >= 15 is 0 Å². The number of anilines is 1. The summed E-state index contributed by atoms with van der Waals surface area (Å²) in [5, 5.41) is 12.7. The first-order valence-electron chi connectivity index (χ1n) is 13.5. The summed E-state index contributed by atoms with van der Waals surface area (Å²) in [4.78, 5) is 28.3. The van der Waals surface area contributed by atoms with Gasteiger partial charge in [0.2, 0.25) is 0 Å². The molecule has 37 heavy (non-hydrogen) atoms. The molecule has 1 aromatic rings. The maximum atomic E-state index is 13.8. The highest BCUT2D eigenvalue weighted by atomic mass is 28.4. The number of nitrogens with one attached hydrogen (secondary N) is 1. The van der Waals surface area contributed by atoms with Gasteiger partial charge in [-0.1, -0.05) is 41.5 Å². The van der Waals surface area contributed by atoms with E-state index in [0.29, 0.717) is 40.4 Å². The highest BCUT2D eigenvalue weighted by molar-refractivity contribution is 6.78. The molecule has 0 spiro atoms. The van der Waals surface area contributed by atoms with Crippen LogP contribution in [0.5, 0.6) is 11.5 Å². The molecule has 1 heterocycles. The Hall–Kier alpha value is -2.26. The Morgan fingerprint density at radius 2 is 1.65 bits per heavy atom. The van der Waals surface area contributed by atoms with Crippen molar-refractivity contribution < 1.29 is 28.6 Å². The van der Waals surface area contributed by atoms with Crippen LogP contribution < -0.4 is 14.5 Å². The molecule has 2 N–H and O–H groups in total. The fourth-order valence-electron chi connectivity index (χ4n) is 5.65. The lowest BCUT2D eigenvalue weighted by atomic mass is 10.0. The van der Waals surface area contributed by atoms with Gasteiger partial charge >= 0.3 is 6.09 Å². The average molecular weight is 537 g/mol. The van der Waals surface area contributed by atoms with Gasteiger partial charge in [-0.3, -0.25) is 10.1 Å². The number of benzene rings is 1. The van der Waals surface area contributed by atoms with Crippen LogP contribution in [0.15, 0.2) is 12.1 Å². The SMILES string of the molecule is COc1cc(C(=O)N2CCCC[C@H]2CO)c(NC(=O)OC(C)(C)C)cc1O[Si](C(C)C)(C(C)C)C(C)C. The first-order valence-corrected chi connectivity index (χ1v) is 15.6. The second-order valence-electron chi connectivity index (χ2n) is 11.9. The fourth-order valence-corrected chi connectivity index (χ4v) is 10.9. The molecular formula is C28H48N2O6Si. The third-order valence-electron chi connectivity index (χ3n) is 7.26. The summed E-state index contributed by atoms with van der Waals surface area (Å²) >= 11 is 0. The topological polar surface area (TPSA) is 97.3 Å². The molecule has 0 aromatic heterocycles. The molecule has 0 bridgehead atoms. The number of ether oxygens (including phenoxy) is 2. The number of methoxy groups -OCH3 is 1. The summed E-state index contributed by atoms with van der Waals surface area (Å²) in [6.07, 6.45) is 1.90. The molecule has 1 aromatic carbocycles. The third-order valence-corrected chi connectivity index (χ3v) is 13.3. The number of amides is 2. The Balaban J connectivity index is 2.66. The number of rotatable bonds is 9. The summed E-state index contributed by atoms with van der Waals surface area (Å²) in [5.74, 6) is 0.675.